The summed E-state index contributed by atoms with van der Waals surface area (Å²) in [6.45, 7) is 0.982. The third-order valence-corrected chi connectivity index (χ3v) is 5.45. The molecular formula is C20H21F3N4O2. The predicted octanol–water partition coefficient (Wildman–Crippen LogP) is 3.87. The number of imidazole rings is 1. The molecule has 0 bridgehead atoms. The Balaban J connectivity index is 1.40. The lowest BCUT2D eigenvalue weighted by Crippen LogP contribution is -2.39. The van der Waals surface area contributed by atoms with Gasteiger partial charge >= 0.3 is 6.18 Å². The number of rotatable bonds is 4. The minimum absolute atomic E-state index is 0.00863. The minimum atomic E-state index is -4.43. The standard InChI is InChI=1S/C20H21F3N4O2/c1-29-15-4-2-3-14-18(15)13(10-24-14)9-17(28)27-7-5-12(6-8-27)19-25-11-16(26-19)20(21,22)23/h2-4,10-12,24H,5-9H2,1H3,(H,25,26). The lowest BCUT2D eigenvalue weighted by molar-refractivity contribution is -0.141. The van der Waals surface area contributed by atoms with Crippen molar-refractivity contribution in [2.75, 3.05) is 20.2 Å². The quantitative estimate of drug-likeness (QED) is 0.691. The first kappa shape index (κ1) is 19.4. The van der Waals surface area contributed by atoms with Gasteiger partial charge in [0, 0.05) is 36.1 Å². The van der Waals surface area contributed by atoms with Crippen molar-refractivity contribution >= 4 is 16.8 Å². The summed E-state index contributed by atoms with van der Waals surface area (Å²) in [5.41, 5.74) is 0.939. The van der Waals surface area contributed by atoms with Gasteiger partial charge in [-0.3, -0.25) is 4.79 Å². The second-order valence-electron chi connectivity index (χ2n) is 7.21. The van der Waals surface area contributed by atoms with E-state index >= 15 is 0 Å². The first-order valence-electron chi connectivity index (χ1n) is 9.39. The van der Waals surface area contributed by atoms with Crippen LogP contribution in [0.2, 0.25) is 0 Å². The van der Waals surface area contributed by atoms with Gasteiger partial charge < -0.3 is 19.6 Å². The first-order valence-corrected chi connectivity index (χ1v) is 9.39. The predicted molar refractivity (Wildman–Crippen MR) is 101 cm³/mol. The Hall–Kier alpha value is -2.97. The van der Waals surface area contributed by atoms with Gasteiger partial charge in [0.15, 0.2) is 0 Å². The van der Waals surface area contributed by atoms with E-state index in [1.165, 1.54) is 0 Å². The number of likely N-dealkylation sites (tertiary alicyclic amines) is 1. The average molecular weight is 406 g/mol. The molecule has 2 aromatic heterocycles. The Morgan fingerprint density at radius 3 is 2.72 bits per heavy atom. The number of nitrogens with zero attached hydrogens (tertiary/aromatic N) is 2. The fraction of sp³-hybridized carbons (Fsp3) is 0.400. The second kappa shape index (κ2) is 7.46. The SMILES string of the molecule is COc1cccc2[nH]cc(CC(=O)N3CCC(c4ncc(C(F)(F)F)[nH]4)CC3)c12. The zero-order valence-corrected chi connectivity index (χ0v) is 15.8. The molecule has 0 unspecified atom stereocenters. The largest absolute Gasteiger partial charge is 0.496 e. The van der Waals surface area contributed by atoms with Gasteiger partial charge in [-0.05, 0) is 30.5 Å². The van der Waals surface area contributed by atoms with Crippen molar-refractivity contribution in [1.29, 1.82) is 0 Å². The van der Waals surface area contributed by atoms with Crippen molar-refractivity contribution in [1.82, 2.24) is 19.9 Å². The maximum atomic E-state index is 12.8. The van der Waals surface area contributed by atoms with Crippen molar-refractivity contribution in [3.05, 3.63) is 47.7 Å². The number of alkyl halides is 3. The number of methoxy groups -OCH3 is 1. The molecule has 0 saturated carbocycles. The molecule has 9 heteroatoms. The Bertz CT molecular complexity index is 1020. The maximum Gasteiger partial charge on any atom is 0.432 e. The highest BCUT2D eigenvalue weighted by molar-refractivity contribution is 5.93. The van der Waals surface area contributed by atoms with Gasteiger partial charge in [-0.25, -0.2) is 4.98 Å². The molecule has 3 aromatic rings. The monoisotopic (exact) mass is 406 g/mol. The van der Waals surface area contributed by atoms with Crippen molar-refractivity contribution < 1.29 is 22.7 Å². The van der Waals surface area contributed by atoms with E-state index in [4.69, 9.17) is 4.74 Å². The van der Waals surface area contributed by atoms with Crippen LogP contribution in [-0.4, -0.2) is 46.0 Å². The number of hydrogen-bond donors (Lipinski definition) is 2. The molecule has 0 spiro atoms. The number of H-pyrrole nitrogens is 2. The average Bonchev–Trinajstić information content (AvgIpc) is 3.36. The van der Waals surface area contributed by atoms with Crippen molar-refractivity contribution in [3.63, 3.8) is 0 Å². The van der Waals surface area contributed by atoms with Crippen LogP contribution < -0.4 is 4.74 Å². The van der Waals surface area contributed by atoms with Gasteiger partial charge in [-0.1, -0.05) is 6.07 Å². The zero-order chi connectivity index (χ0) is 20.6. The van der Waals surface area contributed by atoms with Crippen molar-refractivity contribution in [2.24, 2.45) is 0 Å². The fourth-order valence-electron chi connectivity index (χ4n) is 3.89. The number of aromatic amines is 2. The lowest BCUT2D eigenvalue weighted by Gasteiger charge is -2.31. The molecular weight excluding hydrogens is 385 g/mol. The highest BCUT2D eigenvalue weighted by Crippen LogP contribution is 2.32. The first-order chi connectivity index (χ1) is 13.9. The number of halogens is 3. The van der Waals surface area contributed by atoms with Gasteiger partial charge in [0.1, 0.15) is 17.3 Å². The summed E-state index contributed by atoms with van der Waals surface area (Å²) in [6, 6.07) is 5.66. The van der Waals surface area contributed by atoms with Crippen LogP contribution in [0.1, 0.15) is 35.8 Å². The van der Waals surface area contributed by atoms with E-state index in [0.29, 0.717) is 37.5 Å². The van der Waals surface area contributed by atoms with Gasteiger partial charge in [0.25, 0.3) is 0 Å². The smallest absolute Gasteiger partial charge is 0.432 e. The molecule has 0 atom stereocenters. The van der Waals surface area contributed by atoms with E-state index < -0.39 is 11.9 Å². The number of amides is 1. The molecule has 6 nitrogen and oxygen atoms in total. The molecule has 0 radical (unpaired) electrons. The highest BCUT2D eigenvalue weighted by atomic mass is 19.4. The fourth-order valence-corrected chi connectivity index (χ4v) is 3.89. The van der Waals surface area contributed by atoms with E-state index in [-0.39, 0.29) is 18.2 Å². The molecule has 1 aliphatic heterocycles. The number of ether oxygens (including phenoxy) is 1. The highest BCUT2D eigenvalue weighted by Gasteiger charge is 2.34. The van der Waals surface area contributed by atoms with E-state index in [1.807, 2.05) is 24.4 Å². The number of carbonyl (C=O) groups excluding carboxylic acids is 1. The normalized spacial score (nSPS) is 15.8. The molecule has 4 rings (SSSR count). The molecule has 1 amide bonds. The van der Waals surface area contributed by atoms with Crippen LogP contribution in [0.5, 0.6) is 5.75 Å². The summed E-state index contributed by atoms with van der Waals surface area (Å²) in [6.07, 6.45) is -0.384. The molecule has 154 valence electrons. The Morgan fingerprint density at radius 1 is 1.31 bits per heavy atom. The van der Waals surface area contributed by atoms with Crippen LogP contribution in [-0.2, 0) is 17.4 Å². The molecule has 2 N–H and O–H groups in total. The summed E-state index contributed by atoms with van der Waals surface area (Å²) in [4.78, 5) is 24.0. The number of benzene rings is 1. The topological polar surface area (TPSA) is 74.0 Å². The summed E-state index contributed by atoms with van der Waals surface area (Å²) in [7, 11) is 1.59. The van der Waals surface area contributed by atoms with Gasteiger partial charge in [-0.15, -0.1) is 0 Å². The van der Waals surface area contributed by atoms with E-state index in [2.05, 4.69) is 15.0 Å². The maximum absolute atomic E-state index is 12.8. The second-order valence-corrected chi connectivity index (χ2v) is 7.21. The Kier molecular flexibility index (Phi) is 4.97. The summed E-state index contributed by atoms with van der Waals surface area (Å²) < 4.78 is 43.6. The molecule has 1 aliphatic rings. The number of aromatic nitrogens is 3. The number of carbonyl (C=O) groups is 1. The summed E-state index contributed by atoms with van der Waals surface area (Å²) in [5.74, 6) is 0.934. The van der Waals surface area contributed by atoms with Crippen LogP contribution in [0.25, 0.3) is 10.9 Å². The van der Waals surface area contributed by atoms with Crippen LogP contribution in [0.3, 0.4) is 0 Å². The van der Waals surface area contributed by atoms with E-state index in [1.54, 1.807) is 12.0 Å². The number of nitrogens with one attached hydrogen (secondary N) is 2. The molecule has 29 heavy (non-hydrogen) atoms. The van der Waals surface area contributed by atoms with Crippen LogP contribution in [0.4, 0.5) is 13.2 Å². The van der Waals surface area contributed by atoms with Crippen LogP contribution in [0.15, 0.2) is 30.6 Å². The minimum Gasteiger partial charge on any atom is -0.496 e. The molecule has 3 heterocycles. The van der Waals surface area contributed by atoms with Gasteiger partial charge in [0.05, 0.1) is 19.7 Å². The molecule has 1 fully saturated rings. The summed E-state index contributed by atoms with van der Waals surface area (Å²) in [5, 5.41) is 0.897. The summed E-state index contributed by atoms with van der Waals surface area (Å²) >= 11 is 0. The third kappa shape index (κ3) is 3.81. The van der Waals surface area contributed by atoms with E-state index in [9.17, 15) is 18.0 Å². The van der Waals surface area contributed by atoms with Crippen LogP contribution >= 0.6 is 0 Å². The van der Waals surface area contributed by atoms with Crippen LogP contribution in [0, 0.1) is 0 Å². The molecule has 1 aromatic carbocycles. The Morgan fingerprint density at radius 2 is 2.07 bits per heavy atom. The molecule has 1 saturated heterocycles. The van der Waals surface area contributed by atoms with Crippen molar-refractivity contribution in [2.45, 2.75) is 31.4 Å². The van der Waals surface area contributed by atoms with Gasteiger partial charge in [-0.2, -0.15) is 13.2 Å². The zero-order valence-electron chi connectivity index (χ0n) is 15.8. The van der Waals surface area contributed by atoms with Gasteiger partial charge in [0.2, 0.25) is 5.91 Å². The third-order valence-electron chi connectivity index (χ3n) is 5.45. The number of piperidine rings is 1. The number of hydrogen-bond acceptors (Lipinski definition) is 3. The number of fused-ring (bicyclic) bond motifs is 1. The van der Waals surface area contributed by atoms with Crippen molar-refractivity contribution in [3.8, 4) is 5.75 Å². The lowest BCUT2D eigenvalue weighted by atomic mass is 9.95. The van der Waals surface area contributed by atoms with E-state index in [0.717, 1.165) is 22.7 Å². The molecule has 0 aliphatic carbocycles. The Labute approximate surface area is 165 Å².